The van der Waals surface area contributed by atoms with E-state index >= 15 is 0 Å². The summed E-state index contributed by atoms with van der Waals surface area (Å²) >= 11 is 0. The largest absolute Gasteiger partial charge is 0.454 e. The smallest absolute Gasteiger partial charge is 0.231 e. The predicted octanol–water partition coefficient (Wildman–Crippen LogP) is 2.49. The summed E-state index contributed by atoms with van der Waals surface area (Å²) < 4.78 is 10.7. The monoisotopic (exact) mass is 279 g/mol. The summed E-state index contributed by atoms with van der Waals surface area (Å²) in [7, 11) is 0. The highest BCUT2D eigenvalue weighted by atomic mass is 16.7. The zero-order chi connectivity index (χ0) is 14.4. The number of benzene rings is 1. The van der Waals surface area contributed by atoms with Gasteiger partial charge in [0.15, 0.2) is 11.5 Å². The van der Waals surface area contributed by atoms with Crippen molar-refractivity contribution in [3.8, 4) is 11.5 Å². The van der Waals surface area contributed by atoms with E-state index in [9.17, 15) is 0 Å². The van der Waals surface area contributed by atoms with Gasteiger partial charge < -0.3 is 19.9 Å². The van der Waals surface area contributed by atoms with E-state index < -0.39 is 0 Å². The van der Waals surface area contributed by atoms with Crippen LogP contribution < -0.4 is 14.8 Å². The van der Waals surface area contributed by atoms with Crippen molar-refractivity contribution in [3.63, 3.8) is 0 Å². The molecule has 0 radical (unpaired) electrons. The first-order chi connectivity index (χ1) is 9.72. The van der Waals surface area contributed by atoms with E-state index in [-0.39, 0.29) is 6.61 Å². The van der Waals surface area contributed by atoms with Crippen LogP contribution in [0.4, 0.5) is 0 Å². The Morgan fingerprint density at radius 1 is 1.25 bits per heavy atom. The lowest BCUT2D eigenvalue weighted by atomic mass is 10.0. The molecule has 1 heterocycles. The van der Waals surface area contributed by atoms with Crippen LogP contribution in [-0.4, -0.2) is 30.6 Å². The van der Waals surface area contributed by atoms with Gasteiger partial charge in [0.1, 0.15) is 0 Å². The van der Waals surface area contributed by atoms with Crippen LogP contribution >= 0.6 is 0 Å². The summed E-state index contributed by atoms with van der Waals surface area (Å²) in [5, 5.41) is 12.6. The molecular weight excluding hydrogens is 254 g/mol. The molecule has 2 unspecified atom stereocenters. The van der Waals surface area contributed by atoms with E-state index in [1.54, 1.807) is 0 Å². The summed E-state index contributed by atoms with van der Waals surface area (Å²) in [6.07, 6.45) is 3.96. The number of nitrogens with one attached hydrogen (secondary N) is 1. The van der Waals surface area contributed by atoms with Crippen molar-refractivity contribution in [2.75, 3.05) is 13.4 Å². The molecule has 1 aliphatic heterocycles. The van der Waals surface area contributed by atoms with Gasteiger partial charge in [-0.1, -0.05) is 13.0 Å². The van der Waals surface area contributed by atoms with Crippen molar-refractivity contribution in [3.05, 3.63) is 23.8 Å². The fraction of sp³-hybridized carbons (Fsp3) is 0.625. The Morgan fingerprint density at radius 2 is 2.05 bits per heavy atom. The van der Waals surface area contributed by atoms with Crippen LogP contribution in [0.1, 0.15) is 38.7 Å². The molecule has 0 saturated heterocycles. The van der Waals surface area contributed by atoms with Crippen LogP contribution in [0.2, 0.25) is 0 Å². The van der Waals surface area contributed by atoms with E-state index in [0.29, 0.717) is 18.9 Å². The Kier molecular flexibility index (Phi) is 5.68. The molecule has 0 bridgehead atoms. The van der Waals surface area contributed by atoms with E-state index in [4.69, 9.17) is 14.6 Å². The highest BCUT2D eigenvalue weighted by Gasteiger charge is 2.14. The molecular formula is C16H25NO3. The third-order valence-corrected chi connectivity index (χ3v) is 3.79. The van der Waals surface area contributed by atoms with Gasteiger partial charge in [0.05, 0.1) is 0 Å². The number of ether oxygens (including phenoxy) is 2. The van der Waals surface area contributed by atoms with Gasteiger partial charge in [0.2, 0.25) is 6.79 Å². The molecule has 112 valence electrons. The van der Waals surface area contributed by atoms with Gasteiger partial charge >= 0.3 is 0 Å². The van der Waals surface area contributed by atoms with Crippen molar-refractivity contribution in [1.29, 1.82) is 0 Å². The van der Waals surface area contributed by atoms with Crippen LogP contribution in [0.15, 0.2) is 18.2 Å². The first-order valence-electron chi connectivity index (χ1n) is 7.48. The lowest BCUT2D eigenvalue weighted by molar-refractivity contribution is 0.174. The summed E-state index contributed by atoms with van der Waals surface area (Å²) in [6.45, 7) is 4.93. The molecule has 0 amide bonds. The van der Waals surface area contributed by atoms with Crippen molar-refractivity contribution in [2.45, 2.75) is 51.6 Å². The van der Waals surface area contributed by atoms with Crippen molar-refractivity contribution in [2.24, 2.45) is 0 Å². The van der Waals surface area contributed by atoms with Gasteiger partial charge in [-0.15, -0.1) is 0 Å². The van der Waals surface area contributed by atoms with Crippen molar-refractivity contribution < 1.29 is 14.6 Å². The molecule has 0 saturated carbocycles. The maximum absolute atomic E-state index is 9.01. The van der Waals surface area contributed by atoms with Gasteiger partial charge in [-0.2, -0.15) is 0 Å². The molecule has 0 aliphatic carbocycles. The zero-order valence-electron chi connectivity index (χ0n) is 12.4. The number of aliphatic hydroxyl groups is 1. The molecule has 1 aliphatic rings. The molecule has 2 N–H and O–H groups in total. The van der Waals surface area contributed by atoms with E-state index in [1.165, 1.54) is 5.56 Å². The molecule has 0 fully saturated rings. The second-order valence-corrected chi connectivity index (χ2v) is 5.41. The first-order valence-corrected chi connectivity index (χ1v) is 7.48. The topological polar surface area (TPSA) is 50.7 Å². The lowest BCUT2D eigenvalue weighted by Crippen LogP contribution is -2.37. The molecule has 20 heavy (non-hydrogen) atoms. The quantitative estimate of drug-likeness (QED) is 0.767. The summed E-state index contributed by atoms with van der Waals surface area (Å²) in [4.78, 5) is 0. The number of fused-ring (bicyclic) bond motifs is 1. The SMILES string of the molecule is CCC(CCO)NC(C)CCc1ccc2c(c1)OCO2. The molecule has 4 heteroatoms. The molecule has 2 rings (SSSR count). The Hall–Kier alpha value is -1.26. The van der Waals surface area contributed by atoms with Crippen molar-refractivity contribution >= 4 is 0 Å². The fourth-order valence-electron chi connectivity index (χ4n) is 2.53. The highest BCUT2D eigenvalue weighted by molar-refractivity contribution is 5.44. The van der Waals surface area contributed by atoms with Crippen LogP contribution in [0, 0.1) is 0 Å². The van der Waals surface area contributed by atoms with Gasteiger partial charge in [-0.3, -0.25) is 0 Å². The van der Waals surface area contributed by atoms with Crippen LogP contribution in [0.5, 0.6) is 11.5 Å². The number of aryl methyl sites for hydroxylation is 1. The van der Waals surface area contributed by atoms with E-state index in [0.717, 1.165) is 37.2 Å². The minimum atomic E-state index is 0.250. The first kappa shape index (κ1) is 15.1. The summed E-state index contributed by atoms with van der Waals surface area (Å²) in [5.41, 5.74) is 1.28. The maximum atomic E-state index is 9.01. The number of hydrogen-bond acceptors (Lipinski definition) is 4. The van der Waals surface area contributed by atoms with Gasteiger partial charge in [-0.25, -0.2) is 0 Å². The standard InChI is InChI=1S/C16H25NO3/c1-3-14(8-9-18)17-12(2)4-5-13-6-7-15-16(10-13)20-11-19-15/h6-7,10,12,14,17-18H,3-5,8-9,11H2,1-2H3. The summed E-state index contributed by atoms with van der Waals surface area (Å²) in [6, 6.07) is 7.01. The molecule has 2 atom stereocenters. The highest BCUT2D eigenvalue weighted by Crippen LogP contribution is 2.32. The van der Waals surface area contributed by atoms with Crippen molar-refractivity contribution in [1.82, 2.24) is 5.32 Å². The number of hydrogen-bond donors (Lipinski definition) is 2. The minimum absolute atomic E-state index is 0.250. The van der Waals surface area contributed by atoms with E-state index in [2.05, 4.69) is 31.3 Å². The molecule has 1 aromatic rings. The van der Waals surface area contributed by atoms with Gasteiger partial charge in [-0.05, 0) is 50.3 Å². The van der Waals surface area contributed by atoms with E-state index in [1.807, 2.05) is 6.07 Å². The Morgan fingerprint density at radius 3 is 2.80 bits per heavy atom. The maximum Gasteiger partial charge on any atom is 0.231 e. The second-order valence-electron chi connectivity index (χ2n) is 5.41. The summed E-state index contributed by atoms with van der Waals surface area (Å²) in [5.74, 6) is 1.70. The van der Waals surface area contributed by atoms with Crippen LogP contribution in [0.3, 0.4) is 0 Å². The number of rotatable bonds is 8. The predicted molar refractivity (Wildman–Crippen MR) is 79.3 cm³/mol. The lowest BCUT2D eigenvalue weighted by Gasteiger charge is -2.21. The third kappa shape index (κ3) is 4.12. The fourth-order valence-corrected chi connectivity index (χ4v) is 2.53. The normalized spacial score (nSPS) is 16.1. The number of aliphatic hydroxyl groups excluding tert-OH is 1. The van der Waals surface area contributed by atoms with Gasteiger partial charge in [0, 0.05) is 18.7 Å². The second kappa shape index (κ2) is 7.50. The third-order valence-electron chi connectivity index (χ3n) is 3.79. The Labute approximate surface area is 121 Å². The molecule has 1 aromatic carbocycles. The molecule has 4 nitrogen and oxygen atoms in total. The molecule has 0 spiro atoms. The minimum Gasteiger partial charge on any atom is -0.454 e. The Balaban J connectivity index is 1.79. The average Bonchev–Trinajstić information content (AvgIpc) is 2.92. The van der Waals surface area contributed by atoms with Gasteiger partial charge in [0.25, 0.3) is 0 Å². The Bertz CT molecular complexity index is 422. The van der Waals surface area contributed by atoms with Crippen LogP contribution in [-0.2, 0) is 6.42 Å². The van der Waals surface area contributed by atoms with Crippen LogP contribution in [0.25, 0.3) is 0 Å². The molecule has 0 aromatic heterocycles. The zero-order valence-corrected chi connectivity index (χ0v) is 12.4. The average molecular weight is 279 g/mol.